The lowest BCUT2D eigenvalue weighted by Gasteiger charge is -2.26. The van der Waals surface area contributed by atoms with Crippen LogP contribution >= 0.6 is 23.2 Å². The first-order chi connectivity index (χ1) is 12.5. The van der Waals surface area contributed by atoms with Crippen molar-refractivity contribution in [2.75, 3.05) is 44.7 Å². The molecule has 1 unspecified atom stereocenters. The number of hydrogen-bond acceptors (Lipinski definition) is 5. The van der Waals surface area contributed by atoms with Crippen LogP contribution in [0, 0.1) is 0 Å². The number of amides is 1. The van der Waals surface area contributed by atoms with Crippen LogP contribution in [0.3, 0.4) is 0 Å². The number of carboxylic acid groups (broad SMARTS) is 1. The Morgan fingerprint density at radius 1 is 1.27 bits per heavy atom. The molecule has 0 spiro atoms. The number of ether oxygens (including phenoxy) is 1. The Kier molecular flexibility index (Phi) is 8.61. The summed E-state index contributed by atoms with van der Waals surface area (Å²) in [5, 5.41) is 15.6. The second-order valence-corrected chi connectivity index (χ2v) is 6.87. The summed E-state index contributed by atoms with van der Waals surface area (Å²) in [5.74, 6) is -1.51. The average molecular weight is 404 g/mol. The summed E-state index contributed by atoms with van der Waals surface area (Å²) < 4.78 is 5.29. The zero-order valence-electron chi connectivity index (χ0n) is 14.3. The van der Waals surface area contributed by atoms with Gasteiger partial charge in [0.25, 0.3) is 0 Å². The van der Waals surface area contributed by atoms with Crippen LogP contribution in [0.25, 0.3) is 0 Å². The van der Waals surface area contributed by atoms with Crippen LogP contribution in [0.2, 0.25) is 10.0 Å². The minimum absolute atomic E-state index is 0.199. The second kappa shape index (κ2) is 10.7. The Labute approximate surface area is 162 Å². The number of halogens is 2. The number of carbonyl (C=O) groups excluding carboxylic acids is 1. The third kappa shape index (κ3) is 7.09. The van der Waals surface area contributed by atoms with E-state index in [1.807, 2.05) is 0 Å². The molecular weight excluding hydrogens is 381 g/mol. The van der Waals surface area contributed by atoms with Gasteiger partial charge in [-0.1, -0.05) is 23.2 Å². The molecule has 0 radical (unpaired) electrons. The van der Waals surface area contributed by atoms with Crippen molar-refractivity contribution in [3.05, 3.63) is 28.2 Å². The fraction of sp³-hybridized carbons (Fsp3) is 0.529. The standard InChI is InChI=1S/C17H23Cl2N3O4/c18-12-2-3-13(19)14(10-12)21-16(23)11-15(17(24)25)20-4-1-5-22-6-8-26-9-7-22/h2-3,10,15,20H,1,4-9,11H2,(H,21,23)(H,24,25). The van der Waals surface area contributed by atoms with Crippen LogP contribution < -0.4 is 10.6 Å². The first-order valence-corrected chi connectivity index (χ1v) is 9.22. The van der Waals surface area contributed by atoms with Gasteiger partial charge in [0.05, 0.1) is 30.3 Å². The maximum absolute atomic E-state index is 12.1. The van der Waals surface area contributed by atoms with Gasteiger partial charge in [0.1, 0.15) is 6.04 Å². The molecule has 2 rings (SSSR count). The van der Waals surface area contributed by atoms with Gasteiger partial charge in [0.2, 0.25) is 5.91 Å². The van der Waals surface area contributed by atoms with E-state index in [-0.39, 0.29) is 6.42 Å². The van der Waals surface area contributed by atoms with Crippen molar-refractivity contribution in [2.24, 2.45) is 0 Å². The summed E-state index contributed by atoms with van der Waals surface area (Å²) in [6, 6.07) is 3.73. The molecule has 1 amide bonds. The highest BCUT2D eigenvalue weighted by molar-refractivity contribution is 6.35. The Morgan fingerprint density at radius 2 is 2.00 bits per heavy atom. The van der Waals surface area contributed by atoms with Crippen LogP contribution in [-0.2, 0) is 14.3 Å². The van der Waals surface area contributed by atoms with Crippen molar-refractivity contribution in [1.82, 2.24) is 10.2 Å². The number of aliphatic carboxylic acids is 1. The number of nitrogens with one attached hydrogen (secondary N) is 2. The van der Waals surface area contributed by atoms with Gasteiger partial charge in [-0.3, -0.25) is 14.5 Å². The van der Waals surface area contributed by atoms with E-state index in [0.717, 1.165) is 39.3 Å². The molecule has 7 nitrogen and oxygen atoms in total. The molecule has 3 N–H and O–H groups in total. The number of morpholine rings is 1. The summed E-state index contributed by atoms with van der Waals surface area (Å²) in [7, 11) is 0. The van der Waals surface area contributed by atoms with Gasteiger partial charge in [0.15, 0.2) is 0 Å². The number of rotatable bonds is 9. The maximum atomic E-state index is 12.1. The molecule has 1 aromatic carbocycles. The normalized spacial score (nSPS) is 16.2. The van der Waals surface area contributed by atoms with Gasteiger partial charge in [0, 0.05) is 18.1 Å². The molecule has 1 fully saturated rings. The zero-order valence-corrected chi connectivity index (χ0v) is 15.9. The first kappa shape index (κ1) is 20.9. The van der Waals surface area contributed by atoms with Crippen molar-refractivity contribution in [3.63, 3.8) is 0 Å². The molecule has 0 saturated carbocycles. The fourth-order valence-electron chi connectivity index (χ4n) is 2.63. The van der Waals surface area contributed by atoms with E-state index in [0.29, 0.717) is 22.3 Å². The minimum atomic E-state index is -1.07. The van der Waals surface area contributed by atoms with Crippen LogP contribution in [0.1, 0.15) is 12.8 Å². The van der Waals surface area contributed by atoms with Crippen molar-refractivity contribution >= 4 is 40.8 Å². The third-order valence-corrected chi connectivity index (χ3v) is 4.60. The van der Waals surface area contributed by atoms with Crippen LogP contribution in [0.15, 0.2) is 18.2 Å². The number of hydrogen-bond donors (Lipinski definition) is 3. The van der Waals surface area contributed by atoms with Crippen molar-refractivity contribution in [3.8, 4) is 0 Å². The zero-order chi connectivity index (χ0) is 18.9. The van der Waals surface area contributed by atoms with E-state index in [1.165, 1.54) is 6.07 Å². The molecule has 1 aromatic rings. The summed E-state index contributed by atoms with van der Waals surface area (Å²) in [6.45, 7) is 4.64. The number of anilines is 1. The molecule has 0 bridgehead atoms. The van der Waals surface area contributed by atoms with Gasteiger partial charge in [-0.2, -0.15) is 0 Å². The maximum Gasteiger partial charge on any atom is 0.321 e. The number of nitrogens with zero attached hydrogens (tertiary/aromatic N) is 1. The number of carboxylic acids is 1. The van der Waals surface area contributed by atoms with Gasteiger partial charge in [-0.15, -0.1) is 0 Å². The molecule has 26 heavy (non-hydrogen) atoms. The van der Waals surface area contributed by atoms with Gasteiger partial charge in [-0.05, 0) is 37.7 Å². The van der Waals surface area contributed by atoms with Gasteiger partial charge < -0.3 is 20.5 Å². The Balaban J connectivity index is 1.76. The third-order valence-electron chi connectivity index (χ3n) is 4.04. The second-order valence-electron chi connectivity index (χ2n) is 6.03. The van der Waals surface area contributed by atoms with Gasteiger partial charge in [-0.25, -0.2) is 0 Å². The molecule has 144 valence electrons. The molecule has 1 aliphatic heterocycles. The van der Waals surface area contributed by atoms with Crippen molar-refractivity contribution < 1.29 is 19.4 Å². The lowest BCUT2D eigenvalue weighted by atomic mass is 10.2. The lowest BCUT2D eigenvalue weighted by Crippen LogP contribution is -2.42. The molecule has 0 aromatic heterocycles. The SMILES string of the molecule is O=C(CC(NCCCN1CCOCC1)C(=O)O)Nc1cc(Cl)ccc1Cl. The topological polar surface area (TPSA) is 90.9 Å². The molecular formula is C17H23Cl2N3O4. The number of benzene rings is 1. The highest BCUT2D eigenvalue weighted by Crippen LogP contribution is 2.25. The van der Waals surface area contributed by atoms with Crippen LogP contribution in [-0.4, -0.2) is 67.3 Å². The summed E-state index contributed by atoms with van der Waals surface area (Å²) in [4.78, 5) is 25.8. The summed E-state index contributed by atoms with van der Waals surface area (Å²) in [6.07, 6.45) is 0.598. The van der Waals surface area contributed by atoms with E-state index >= 15 is 0 Å². The quantitative estimate of drug-likeness (QED) is 0.546. The van der Waals surface area contributed by atoms with E-state index in [4.69, 9.17) is 27.9 Å². The predicted octanol–water partition coefficient (Wildman–Crippen LogP) is 2.09. The van der Waals surface area contributed by atoms with Crippen LogP contribution in [0.4, 0.5) is 5.69 Å². The van der Waals surface area contributed by atoms with E-state index < -0.39 is 17.9 Å². The largest absolute Gasteiger partial charge is 0.480 e. The van der Waals surface area contributed by atoms with Gasteiger partial charge >= 0.3 is 5.97 Å². The lowest BCUT2D eigenvalue weighted by molar-refractivity contribution is -0.141. The van der Waals surface area contributed by atoms with Crippen molar-refractivity contribution in [2.45, 2.75) is 18.9 Å². The van der Waals surface area contributed by atoms with E-state index in [1.54, 1.807) is 12.1 Å². The molecule has 1 saturated heterocycles. The Bertz CT molecular complexity index is 624. The molecule has 1 atom stereocenters. The minimum Gasteiger partial charge on any atom is -0.480 e. The number of carbonyl (C=O) groups is 2. The molecule has 1 aliphatic rings. The highest BCUT2D eigenvalue weighted by atomic mass is 35.5. The smallest absolute Gasteiger partial charge is 0.321 e. The highest BCUT2D eigenvalue weighted by Gasteiger charge is 2.21. The summed E-state index contributed by atoms with van der Waals surface area (Å²) in [5.41, 5.74) is 0.362. The Hall–Kier alpha value is -1.38. The van der Waals surface area contributed by atoms with Crippen molar-refractivity contribution in [1.29, 1.82) is 0 Å². The molecule has 1 heterocycles. The average Bonchev–Trinajstić information content (AvgIpc) is 2.61. The fourth-order valence-corrected chi connectivity index (χ4v) is 2.97. The molecule has 0 aliphatic carbocycles. The summed E-state index contributed by atoms with van der Waals surface area (Å²) >= 11 is 11.9. The molecule has 9 heteroatoms. The van der Waals surface area contributed by atoms with E-state index in [9.17, 15) is 14.7 Å². The Morgan fingerprint density at radius 3 is 2.69 bits per heavy atom. The van der Waals surface area contributed by atoms with E-state index in [2.05, 4.69) is 15.5 Å². The van der Waals surface area contributed by atoms with Crippen LogP contribution in [0.5, 0.6) is 0 Å². The predicted molar refractivity (Wildman–Crippen MR) is 101 cm³/mol. The first-order valence-electron chi connectivity index (χ1n) is 8.47. The monoisotopic (exact) mass is 403 g/mol.